The number of hydrogen-bond acceptors (Lipinski definition) is 3. The molecule has 0 unspecified atom stereocenters. The predicted octanol–water partition coefficient (Wildman–Crippen LogP) is 5.74. The summed E-state index contributed by atoms with van der Waals surface area (Å²) >= 11 is 14.4. The second-order valence-corrected chi connectivity index (χ2v) is 10.4. The molecule has 3 rings (SSSR count). The van der Waals surface area contributed by atoms with Crippen molar-refractivity contribution in [2.45, 2.75) is 11.8 Å². The number of carbonyl (C=O) groups is 1. The molecule has 3 aromatic carbocycles. The molecule has 0 spiro atoms. The summed E-state index contributed by atoms with van der Waals surface area (Å²) in [5.41, 5.74) is 1.69. The Morgan fingerprint density at radius 3 is 2.23 bits per heavy atom. The van der Waals surface area contributed by atoms with Gasteiger partial charge in [-0.15, -0.1) is 0 Å². The number of nitrogens with one attached hydrogen (secondary N) is 1. The maximum Gasteiger partial charge on any atom is 0.264 e. The van der Waals surface area contributed by atoms with Crippen LogP contribution in [0.2, 0.25) is 10.0 Å². The van der Waals surface area contributed by atoms with Gasteiger partial charge in [-0.2, -0.15) is 0 Å². The summed E-state index contributed by atoms with van der Waals surface area (Å²) in [4.78, 5) is 12.9. The molecule has 0 bridgehead atoms. The predicted molar refractivity (Wildman–Crippen MR) is 130 cm³/mol. The number of aryl methyl sites for hydroxylation is 1. The molecule has 0 radical (unpaired) electrons. The fourth-order valence-corrected chi connectivity index (χ4v) is 5.39. The second kappa shape index (κ2) is 9.55. The molecule has 1 N–H and O–H groups in total. The molecule has 156 valence electrons. The third kappa shape index (κ3) is 5.46. The Bertz CT molecular complexity index is 1170. The van der Waals surface area contributed by atoms with E-state index in [1.54, 1.807) is 24.3 Å². The van der Waals surface area contributed by atoms with E-state index < -0.39 is 22.5 Å². The van der Waals surface area contributed by atoms with Crippen LogP contribution in [-0.2, 0) is 14.8 Å². The first-order valence-electron chi connectivity index (χ1n) is 8.77. The Balaban J connectivity index is 1.98. The van der Waals surface area contributed by atoms with Crippen molar-refractivity contribution < 1.29 is 13.2 Å². The number of benzene rings is 3. The molecular formula is C21H17Cl2IN2O3S. The van der Waals surface area contributed by atoms with Crippen LogP contribution in [0, 0.1) is 10.5 Å². The van der Waals surface area contributed by atoms with Crippen molar-refractivity contribution in [3.63, 3.8) is 0 Å². The van der Waals surface area contributed by atoms with E-state index in [1.807, 2.05) is 19.1 Å². The highest BCUT2D eigenvalue weighted by atomic mass is 127. The summed E-state index contributed by atoms with van der Waals surface area (Å²) in [7, 11) is -4.04. The summed E-state index contributed by atoms with van der Waals surface area (Å²) in [6.45, 7) is 1.42. The quantitative estimate of drug-likeness (QED) is 0.382. The number of nitrogens with zero attached hydrogens (tertiary/aromatic N) is 1. The van der Waals surface area contributed by atoms with E-state index in [9.17, 15) is 13.2 Å². The largest absolute Gasteiger partial charge is 0.324 e. The molecule has 5 nitrogen and oxygen atoms in total. The van der Waals surface area contributed by atoms with Crippen LogP contribution in [0.15, 0.2) is 71.6 Å². The molecule has 0 atom stereocenters. The Morgan fingerprint density at radius 2 is 1.63 bits per heavy atom. The van der Waals surface area contributed by atoms with Gasteiger partial charge in [0.1, 0.15) is 6.54 Å². The smallest absolute Gasteiger partial charge is 0.264 e. The third-order valence-corrected chi connectivity index (χ3v) is 7.11. The molecule has 0 aliphatic heterocycles. The van der Waals surface area contributed by atoms with Crippen LogP contribution in [0.5, 0.6) is 0 Å². The lowest BCUT2D eigenvalue weighted by Crippen LogP contribution is -2.38. The van der Waals surface area contributed by atoms with E-state index in [4.69, 9.17) is 23.2 Å². The topological polar surface area (TPSA) is 66.5 Å². The molecule has 0 aliphatic carbocycles. The maximum atomic E-state index is 13.3. The average Bonchev–Trinajstić information content (AvgIpc) is 2.68. The number of hydrogen-bond donors (Lipinski definition) is 1. The zero-order valence-electron chi connectivity index (χ0n) is 15.8. The number of rotatable bonds is 6. The first-order valence-corrected chi connectivity index (χ1v) is 12.0. The maximum absolute atomic E-state index is 13.3. The van der Waals surface area contributed by atoms with E-state index in [0.29, 0.717) is 5.69 Å². The van der Waals surface area contributed by atoms with Crippen molar-refractivity contribution in [2.24, 2.45) is 0 Å². The highest BCUT2D eigenvalue weighted by molar-refractivity contribution is 14.1. The molecule has 0 fully saturated rings. The minimum absolute atomic E-state index is 0.0549. The van der Waals surface area contributed by atoms with Crippen molar-refractivity contribution in [3.8, 4) is 0 Å². The third-order valence-electron chi connectivity index (χ3n) is 4.22. The lowest BCUT2D eigenvalue weighted by molar-refractivity contribution is -0.114. The van der Waals surface area contributed by atoms with Gasteiger partial charge in [0.15, 0.2) is 0 Å². The van der Waals surface area contributed by atoms with Crippen LogP contribution >= 0.6 is 45.8 Å². The van der Waals surface area contributed by atoms with Crippen LogP contribution in [0.25, 0.3) is 0 Å². The molecule has 0 heterocycles. The number of carbonyl (C=O) groups excluding carboxylic acids is 1. The fourth-order valence-electron chi connectivity index (χ4n) is 2.81. The van der Waals surface area contributed by atoms with E-state index in [-0.39, 0.29) is 20.6 Å². The summed E-state index contributed by atoms with van der Waals surface area (Å²) in [5.74, 6) is -0.491. The van der Waals surface area contributed by atoms with E-state index in [0.717, 1.165) is 13.4 Å². The summed E-state index contributed by atoms with van der Waals surface area (Å²) < 4.78 is 28.7. The number of halogens is 3. The van der Waals surface area contributed by atoms with Crippen LogP contribution < -0.4 is 9.62 Å². The molecular weight excluding hydrogens is 558 g/mol. The van der Waals surface area contributed by atoms with Gasteiger partial charge in [0.05, 0.1) is 10.6 Å². The van der Waals surface area contributed by atoms with Crippen molar-refractivity contribution in [1.29, 1.82) is 0 Å². The van der Waals surface area contributed by atoms with Gasteiger partial charge in [-0.05, 0) is 83.6 Å². The molecule has 0 aliphatic rings. The van der Waals surface area contributed by atoms with Crippen molar-refractivity contribution >= 4 is 73.1 Å². The normalized spacial score (nSPS) is 11.2. The van der Waals surface area contributed by atoms with Gasteiger partial charge in [-0.1, -0.05) is 41.4 Å². The van der Waals surface area contributed by atoms with Crippen LogP contribution in [0.1, 0.15) is 5.56 Å². The van der Waals surface area contributed by atoms with Gasteiger partial charge in [0.2, 0.25) is 5.91 Å². The fraction of sp³-hybridized carbons (Fsp3) is 0.0952. The molecule has 0 saturated heterocycles. The van der Waals surface area contributed by atoms with Crippen LogP contribution in [0.3, 0.4) is 0 Å². The SMILES string of the molecule is Cc1cc(I)ccc1NC(=O)CN(c1cc(Cl)cc(Cl)c1)S(=O)(=O)c1ccccc1. The molecule has 9 heteroatoms. The lowest BCUT2D eigenvalue weighted by Gasteiger charge is -2.24. The highest BCUT2D eigenvalue weighted by Gasteiger charge is 2.27. The summed E-state index contributed by atoms with van der Waals surface area (Å²) in [6.07, 6.45) is 0. The average molecular weight is 575 g/mol. The minimum atomic E-state index is -4.04. The first-order chi connectivity index (χ1) is 14.2. The van der Waals surface area contributed by atoms with Gasteiger partial charge >= 0.3 is 0 Å². The standard InChI is InChI=1S/C21H17Cl2IN2O3S/c1-14-9-17(24)7-8-20(14)25-21(27)13-26(18-11-15(22)10-16(23)12-18)30(28,29)19-5-3-2-4-6-19/h2-12H,13H2,1H3,(H,25,27). The minimum Gasteiger partial charge on any atom is -0.324 e. The number of anilines is 2. The van der Waals surface area contributed by atoms with Crippen molar-refractivity contribution in [3.05, 3.63) is 85.9 Å². The van der Waals surface area contributed by atoms with Gasteiger partial charge in [-0.3, -0.25) is 9.10 Å². The second-order valence-electron chi connectivity index (χ2n) is 6.46. The van der Waals surface area contributed by atoms with Gasteiger partial charge in [0.25, 0.3) is 10.0 Å². The molecule has 3 aromatic rings. The Labute approximate surface area is 199 Å². The van der Waals surface area contributed by atoms with E-state index >= 15 is 0 Å². The van der Waals surface area contributed by atoms with Gasteiger partial charge < -0.3 is 5.32 Å². The Morgan fingerprint density at radius 1 is 1.00 bits per heavy atom. The first kappa shape index (κ1) is 22.9. The van der Waals surface area contributed by atoms with Crippen LogP contribution in [0.4, 0.5) is 11.4 Å². The van der Waals surface area contributed by atoms with Crippen LogP contribution in [-0.4, -0.2) is 20.9 Å². The lowest BCUT2D eigenvalue weighted by atomic mass is 10.2. The summed E-state index contributed by atoms with van der Waals surface area (Å²) in [6, 6.07) is 17.8. The number of amides is 1. The molecule has 1 amide bonds. The van der Waals surface area contributed by atoms with Gasteiger partial charge in [-0.25, -0.2) is 8.42 Å². The molecule has 0 saturated carbocycles. The zero-order valence-corrected chi connectivity index (χ0v) is 20.3. The van der Waals surface area contributed by atoms with E-state index in [2.05, 4.69) is 27.9 Å². The van der Waals surface area contributed by atoms with Gasteiger partial charge in [0, 0.05) is 19.3 Å². The zero-order chi connectivity index (χ0) is 21.9. The van der Waals surface area contributed by atoms with Crippen molar-refractivity contribution in [1.82, 2.24) is 0 Å². The molecule has 30 heavy (non-hydrogen) atoms. The highest BCUT2D eigenvalue weighted by Crippen LogP contribution is 2.30. The number of sulfonamides is 1. The van der Waals surface area contributed by atoms with Crippen molar-refractivity contribution in [2.75, 3.05) is 16.2 Å². The monoisotopic (exact) mass is 574 g/mol. The Hall–Kier alpha value is -1.81. The van der Waals surface area contributed by atoms with E-state index in [1.165, 1.54) is 30.3 Å². The summed E-state index contributed by atoms with van der Waals surface area (Å²) in [5, 5.41) is 3.30. The Kier molecular flexibility index (Phi) is 7.28. The molecule has 0 aromatic heterocycles.